The Hall–Kier alpha value is -2.54. The van der Waals surface area contributed by atoms with Crippen molar-refractivity contribution in [1.82, 2.24) is 5.32 Å². The van der Waals surface area contributed by atoms with Gasteiger partial charge in [0.2, 0.25) is 15.9 Å². The smallest absolute Gasteiger partial charge is 0.232 e. The first-order valence-corrected chi connectivity index (χ1v) is 12.4. The molecule has 2 rings (SSSR count). The molecule has 0 heterocycles. The van der Waals surface area contributed by atoms with Crippen LogP contribution in [0.2, 0.25) is 0 Å². The van der Waals surface area contributed by atoms with Crippen molar-refractivity contribution >= 4 is 21.6 Å². The van der Waals surface area contributed by atoms with E-state index in [9.17, 15) is 13.2 Å². The van der Waals surface area contributed by atoms with Gasteiger partial charge in [-0.15, -0.1) is 0 Å². The molecule has 1 atom stereocenters. The van der Waals surface area contributed by atoms with Crippen molar-refractivity contribution in [2.75, 3.05) is 24.2 Å². The lowest BCUT2D eigenvalue weighted by Gasteiger charge is -2.24. The van der Waals surface area contributed by atoms with Gasteiger partial charge in [0.25, 0.3) is 0 Å². The lowest BCUT2D eigenvalue weighted by Crippen LogP contribution is -2.33. The molecular formula is C24H34N2O4S. The Balaban J connectivity index is 2.01. The molecule has 0 aliphatic carbocycles. The van der Waals surface area contributed by atoms with Gasteiger partial charge < -0.3 is 10.1 Å². The number of sulfonamides is 1. The first kappa shape index (κ1) is 24.7. The summed E-state index contributed by atoms with van der Waals surface area (Å²) in [6.07, 6.45) is 2.70. The topological polar surface area (TPSA) is 75.7 Å². The summed E-state index contributed by atoms with van der Waals surface area (Å²) in [7, 11) is -1.81. The highest BCUT2D eigenvalue weighted by molar-refractivity contribution is 7.92. The number of carbonyl (C=O) groups is 1. The van der Waals surface area contributed by atoms with Crippen LogP contribution in [-0.4, -0.2) is 34.2 Å². The van der Waals surface area contributed by atoms with Gasteiger partial charge in [-0.05, 0) is 61.1 Å². The summed E-state index contributed by atoms with van der Waals surface area (Å²) in [5.74, 6) is 1.10. The highest BCUT2D eigenvalue weighted by Gasteiger charge is 2.19. The molecule has 0 aliphatic rings. The van der Waals surface area contributed by atoms with Crippen LogP contribution in [0.4, 0.5) is 5.69 Å². The second-order valence-corrected chi connectivity index (χ2v) is 10.2. The third kappa shape index (κ3) is 7.90. The van der Waals surface area contributed by atoms with Gasteiger partial charge in [0.05, 0.1) is 25.1 Å². The Kier molecular flexibility index (Phi) is 8.92. The van der Waals surface area contributed by atoms with Crippen LogP contribution in [0.15, 0.2) is 48.5 Å². The van der Waals surface area contributed by atoms with Crippen LogP contribution in [0.3, 0.4) is 0 Å². The monoisotopic (exact) mass is 446 g/mol. The number of methoxy groups -OCH3 is 1. The van der Waals surface area contributed by atoms with Gasteiger partial charge >= 0.3 is 0 Å². The zero-order chi connectivity index (χ0) is 23.0. The maximum atomic E-state index is 12.6. The fourth-order valence-electron chi connectivity index (χ4n) is 3.51. The highest BCUT2D eigenvalue weighted by atomic mass is 32.2. The van der Waals surface area contributed by atoms with Gasteiger partial charge in [-0.25, -0.2) is 8.42 Å². The Morgan fingerprint density at radius 1 is 1.13 bits per heavy atom. The van der Waals surface area contributed by atoms with Gasteiger partial charge in [-0.1, -0.05) is 38.1 Å². The van der Waals surface area contributed by atoms with E-state index < -0.39 is 10.0 Å². The number of anilines is 1. The van der Waals surface area contributed by atoms with E-state index in [2.05, 4.69) is 19.2 Å². The minimum Gasteiger partial charge on any atom is -0.497 e. The predicted molar refractivity (Wildman–Crippen MR) is 126 cm³/mol. The fourth-order valence-corrected chi connectivity index (χ4v) is 4.46. The molecule has 0 fully saturated rings. The van der Waals surface area contributed by atoms with Crippen LogP contribution in [0.5, 0.6) is 5.75 Å². The molecule has 2 aromatic rings. The van der Waals surface area contributed by atoms with Gasteiger partial charge in [0, 0.05) is 13.0 Å². The summed E-state index contributed by atoms with van der Waals surface area (Å²) in [5.41, 5.74) is 2.64. The first-order valence-electron chi connectivity index (χ1n) is 10.6. The molecule has 0 unspecified atom stereocenters. The number of nitrogens with zero attached hydrogens (tertiary/aromatic N) is 1. The van der Waals surface area contributed by atoms with Crippen LogP contribution in [0, 0.1) is 12.8 Å². The van der Waals surface area contributed by atoms with Crippen LogP contribution in [-0.2, 0) is 14.8 Å². The van der Waals surface area contributed by atoms with E-state index in [1.807, 2.05) is 49.4 Å². The Bertz CT molecular complexity index is 956. The molecule has 31 heavy (non-hydrogen) atoms. The van der Waals surface area contributed by atoms with E-state index in [-0.39, 0.29) is 24.9 Å². The zero-order valence-electron chi connectivity index (χ0n) is 19.1. The minimum absolute atomic E-state index is 0.0841. The van der Waals surface area contributed by atoms with Crippen molar-refractivity contribution in [1.29, 1.82) is 0 Å². The number of rotatable bonds is 11. The van der Waals surface area contributed by atoms with E-state index in [0.29, 0.717) is 18.0 Å². The molecular weight excluding hydrogens is 412 g/mol. The average molecular weight is 447 g/mol. The molecule has 0 spiro atoms. The third-order valence-electron chi connectivity index (χ3n) is 5.02. The summed E-state index contributed by atoms with van der Waals surface area (Å²) in [5, 5.41) is 3.12. The van der Waals surface area contributed by atoms with Crippen molar-refractivity contribution in [3.8, 4) is 5.75 Å². The van der Waals surface area contributed by atoms with Gasteiger partial charge in [-0.2, -0.15) is 0 Å². The van der Waals surface area contributed by atoms with E-state index in [1.165, 1.54) is 10.6 Å². The van der Waals surface area contributed by atoms with Gasteiger partial charge in [-0.3, -0.25) is 9.10 Å². The van der Waals surface area contributed by atoms with Crippen LogP contribution >= 0.6 is 0 Å². The minimum atomic E-state index is -3.43. The van der Waals surface area contributed by atoms with Crippen LogP contribution in [0.1, 0.15) is 50.3 Å². The largest absolute Gasteiger partial charge is 0.497 e. The maximum absolute atomic E-state index is 12.6. The Morgan fingerprint density at radius 2 is 1.81 bits per heavy atom. The lowest BCUT2D eigenvalue weighted by molar-refractivity contribution is -0.122. The molecule has 1 amide bonds. The Morgan fingerprint density at radius 3 is 2.35 bits per heavy atom. The number of nitrogens with one attached hydrogen (secondary N) is 1. The summed E-state index contributed by atoms with van der Waals surface area (Å²) in [4.78, 5) is 12.6. The van der Waals surface area contributed by atoms with E-state index in [4.69, 9.17) is 4.74 Å². The van der Waals surface area contributed by atoms with Crippen molar-refractivity contribution in [2.45, 2.75) is 46.1 Å². The number of benzene rings is 2. The van der Waals surface area contributed by atoms with E-state index >= 15 is 0 Å². The van der Waals surface area contributed by atoms with Gasteiger partial charge in [0.15, 0.2) is 0 Å². The predicted octanol–water partition coefficient (Wildman–Crippen LogP) is 4.45. The summed E-state index contributed by atoms with van der Waals surface area (Å²) in [6, 6.07) is 15.0. The number of carbonyl (C=O) groups excluding carboxylic acids is 1. The number of hydrogen-bond acceptors (Lipinski definition) is 4. The highest BCUT2D eigenvalue weighted by Crippen LogP contribution is 2.24. The second-order valence-electron chi connectivity index (χ2n) is 8.30. The lowest BCUT2D eigenvalue weighted by atomic mass is 9.96. The average Bonchev–Trinajstić information content (AvgIpc) is 2.69. The summed E-state index contributed by atoms with van der Waals surface area (Å²) >= 11 is 0. The third-order valence-corrected chi connectivity index (χ3v) is 6.21. The maximum Gasteiger partial charge on any atom is 0.232 e. The molecule has 0 aromatic heterocycles. The van der Waals surface area contributed by atoms with Crippen molar-refractivity contribution in [2.24, 2.45) is 5.92 Å². The molecule has 1 N–H and O–H groups in total. The molecule has 6 nitrogen and oxygen atoms in total. The summed E-state index contributed by atoms with van der Waals surface area (Å²) in [6.45, 7) is 6.42. The number of hydrogen-bond donors (Lipinski definition) is 1. The number of aryl methyl sites for hydroxylation is 1. The molecule has 170 valence electrons. The van der Waals surface area contributed by atoms with E-state index in [0.717, 1.165) is 23.3 Å². The number of ether oxygens (including phenoxy) is 1. The van der Waals surface area contributed by atoms with E-state index in [1.54, 1.807) is 13.2 Å². The van der Waals surface area contributed by atoms with Crippen LogP contribution < -0.4 is 14.4 Å². The van der Waals surface area contributed by atoms with Crippen molar-refractivity contribution in [3.63, 3.8) is 0 Å². The van der Waals surface area contributed by atoms with Crippen molar-refractivity contribution < 1.29 is 17.9 Å². The number of amides is 1. The Labute approximate surface area is 186 Å². The SMILES string of the molecule is COc1ccc([C@H](CC(C)C)NC(=O)CCCN(c2cccc(C)c2)S(C)(=O)=O)cc1. The van der Waals surface area contributed by atoms with Gasteiger partial charge in [0.1, 0.15) is 5.75 Å². The zero-order valence-corrected chi connectivity index (χ0v) is 19.9. The second kappa shape index (κ2) is 11.2. The van der Waals surface area contributed by atoms with Crippen LogP contribution in [0.25, 0.3) is 0 Å². The molecule has 0 aliphatic heterocycles. The molecule has 0 radical (unpaired) electrons. The molecule has 0 bridgehead atoms. The quantitative estimate of drug-likeness (QED) is 0.553. The normalized spacial score (nSPS) is 12.5. The van der Waals surface area contributed by atoms with Crippen molar-refractivity contribution in [3.05, 3.63) is 59.7 Å². The fraction of sp³-hybridized carbons (Fsp3) is 0.458. The summed E-state index contributed by atoms with van der Waals surface area (Å²) < 4.78 is 31.1. The molecule has 7 heteroatoms. The standard InChI is InChI=1S/C24H34N2O4S/c1-18(2)16-23(20-11-13-22(30-4)14-12-20)25-24(27)10-7-15-26(31(5,28)29)21-9-6-8-19(3)17-21/h6,8-9,11-14,17-18,23H,7,10,15-16H2,1-5H3,(H,25,27)/t23-/m0/s1. The molecule has 0 saturated carbocycles. The molecule has 2 aromatic carbocycles. The molecule has 0 saturated heterocycles. The first-order chi connectivity index (χ1) is 14.6.